The van der Waals surface area contributed by atoms with Gasteiger partial charge in [0.1, 0.15) is 11.4 Å². The molecule has 2 N–H and O–H groups in total. The number of nitrogens with zero attached hydrogens (tertiary/aromatic N) is 1. The molecule has 3 aromatic carbocycles. The van der Waals surface area contributed by atoms with Crippen LogP contribution in [-0.4, -0.2) is 26.7 Å². The van der Waals surface area contributed by atoms with Crippen LogP contribution in [-0.2, 0) is 21.2 Å². The molecular formula is C26H25N3O4S. The third kappa shape index (κ3) is 4.68. The van der Waals surface area contributed by atoms with Gasteiger partial charge in [-0.3, -0.25) is 14.5 Å². The van der Waals surface area contributed by atoms with E-state index in [4.69, 9.17) is 4.42 Å². The van der Waals surface area contributed by atoms with Crippen molar-refractivity contribution in [1.82, 2.24) is 4.72 Å². The van der Waals surface area contributed by atoms with Crippen LogP contribution in [0.4, 0.5) is 5.69 Å². The first-order valence-electron chi connectivity index (χ1n) is 11.3. The molecule has 0 saturated heterocycles. The molecule has 7 nitrogen and oxygen atoms in total. The standard InChI is InChI=1S/C26H25N3O4S/c30-25(15-19-17-33-23-13-12-18-7-3-4-10-22(18)26(19)23)28-20-8-6-9-21(16-20)34(31,32)29-24-11-2-1-5-14-27-24/h3-4,6-10,12-13,16-17H,1-2,5,11,14-15H2,(H,27,29)(H,28,30). The van der Waals surface area contributed by atoms with Gasteiger partial charge in [0.15, 0.2) is 0 Å². The molecular weight excluding hydrogens is 450 g/mol. The van der Waals surface area contributed by atoms with E-state index in [0.717, 1.165) is 46.6 Å². The zero-order valence-electron chi connectivity index (χ0n) is 18.6. The number of rotatable bonds is 5. The molecule has 174 valence electrons. The maximum Gasteiger partial charge on any atom is 0.262 e. The van der Waals surface area contributed by atoms with Gasteiger partial charge in [-0.05, 0) is 47.9 Å². The molecule has 0 unspecified atom stereocenters. The van der Waals surface area contributed by atoms with E-state index in [9.17, 15) is 13.2 Å². The molecule has 0 atom stereocenters. The highest BCUT2D eigenvalue weighted by atomic mass is 32.2. The van der Waals surface area contributed by atoms with Gasteiger partial charge in [-0.2, -0.15) is 0 Å². The minimum atomic E-state index is -3.78. The van der Waals surface area contributed by atoms with Crippen LogP contribution in [0.25, 0.3) is 21.7 Å². The zero-order chi connectivity index (χ0) is 23.5. The molecule has 0 radical (unpaired) electrons. The monoisotopic (exact) mass is 475 g/mol. The Balaban J connectivity index is 1.34. The molecule has 34 heavy (non-hydrogen) atoms. The molecule has 1 aliphatic rings. The fourth-order valence-corrected chi connectivity index (χ4v) is 5.43. The molecule has 0 fully saturated rings. The van der Waals surface area contributed by atoms with Crippen LogP contribution in [0, 0.1) is 0 Å². The van der Waals surface area contributed by atoms with Gasteiger partial charge < -0.3 is 9.73 Å². The van der Waals surface area contributed by atoms with Crippen molar-refractivity contribution in [3.05, 3.63) is 72.5 Å². The first kappa shape index (κ1) is 22.2. The van der Waals surface area contributed by atoms with Crippen LogP contribution in [0.15, 0.2) is 81.2 Å². The first-order chi connectivity index (χ1) is 16.5. The van der Waals surface area contributed by atoms with E-state index in [2.05, 4.69) is 15.0 Å². The van der Waals surface area contributed by atoms with Crippen LogP contribution < -0.4 is 10.0 Å². The van der Waals surface area contributed by atoms with Crippen molar-refractivity contribution in [1.29, 1.82) is 0 Å². The number of carbonyl (C=O) groups excluding carboxylic acids is 1. The summed E-state index contributed by atoms with van der Waals surface area (Å²) in [5.41, 5.74) is 1.91. The molecule has 0 saturated carbocycles. The average Bonchev–Trinajstić information content (AvgIpc) is 3.06. The lowest BCUT2D eigenvalue weighted by Gasteiger charge is -2.11. The van der Waals surface area contributed by atoms with Crippen molar-refractivity contribution in [2.75, 3.05) is 11.9 Å². The summed E-state index contributed by atoms with van der Waals surface area (Å²) in [5, 5.41) is 5.83. The quantitative estimate of drug-likeness (QED) is 0.423. The van der Waals surface area contributed by atoms with Crippen LogP contribution in [0.5, 0.6) is 0 Å². The van der Waals surface area contributed by atoms with Gasteiger partial charge in [0, 0.05) is 29.6 Å². The Morgan fingerprint density at radius 1 is 1.00 bits per heavy atom. The number of nitrogens with one attached hydrogen (secondary N) is 2. The van der Waals surface area contributed by atoms with Gasteiger partial charge >= 0.3 is 0 Å². The predicted molar refractivity (Wildman–Crippen MR) is 134 cm³/mol. The maximum atomic E-state index is 12.9. The molecule has 1 aliphatic heterocycles. The van der Waals surface area contributed by atoms with Gasteiger partial charge in [0.05, 0.1) is 17.6 Å². The van der Waals surface area contributed by atoms with E-state index in [1.54, 1.807) is 18.4 Å². The number of hydrogen-bond donors (Lipinski definition) is 2. The van der Waals surface area contributed by atoms with Crippen molar-refractivity contribution in [3.8, 4) is 0 Å². The van der Waals surface area contributed by atoms with E-state index in [1.165, 1.54) is 12.1 Å². The minimum absolute atomic E-state index is 0.0806. The van der Waals surface area contributed by atoms with E-state index in [-0.39, 0.29) is 17.2 Å². The summed E-state index contributed by atoms with van der Waals surface area (Å²) in [4.78, 5) is 17.3. The second-order valence-corrected chi connectivity index (χ2v) is 10.1. The highest BCUT2D eigenvalue weighted by molar-refractivity contribution is 7.90. The fraction of sp³-hybridized carbons (Fsp3) is 0.231. The summed E-state index contributed by atoms with van der Waals surface area (Å²) in [6, 6.07) is 18.1. The number of fused-ring (bicyclic) bond motifs is 3. The van der Waals surface area contributed by atoms with Gasteiger partial charge in [0.25, 0.3) is 10.0 Å². The van der Waals surface area contributed by atoms with E-state index in [0.29, 0.717) is 24.5 Å². The number of furan rings is 1. The number of amidine groups is 1. The van der Waals surface area contributed by atoms with Gasteiger partial charge in [0.2, 0.25) is 5.91 Å². The minimum Gasteiger partial charge on any atom is -0.464 e. The Morgan fingerprint density at radius 3 is 2.79 bits per heavy atom. The topological polar surface area (TPSA) is 101 Å². The number of aliphatic imine (C=N–C) groups is 1. The number of sulfonamides is 1. The SMILES string of the molecule is O=C(Cc1coc2ccc3ccccc3c12)Nc1cccc(S(=O)(=O)NC2=NCCCCC2)c1. The summed E-state index contributed by atoms with van der Waals surface area (Å²) >= 11 is 0. The Bertz CT molecular complexity index is 1510. The number of benzene rings is 3. The Hall–Kier alpha value is -3.65. The summed E-state index contributed by atoms with van der Waals surface area (Å²) in [7, 11) is -3.78. The van der Waals surface area contributed by atoms with E-state index < -0.39 is 10.0 Å². The second kappa shape index (κ2) is 9.30. The van der Waals surface area contributed by atoms with E-state index in [1.807, 2.05) is 36.4 Å². The zero-order valence-corrected chi connectivity index (χ0v) is 19.4. The summed E-state index contributed by atoms with van der Waals surface area (Å²) in [6.45, 7) is 0.631. The summed E-state index contributed by atoms with van der Waals surface area (Å²) in [6.07, 6.45) is 5.24. The van der Waals surface area contributed by atoms with Crippen molar-refractivity contribution in [3.63, 3.8) is 0 Å². The summed E-state index contributed by atoms with van der Waals surface area (Å²) < 4.78 is 34.0. The highest BCUT2D eigenvalue weighted by Gasteiger charge is 2.19. The number of anilines is 1. The average molecular weight is 476 g/mol. The number of amides is 1. The Kier molecular flexibility index (Phi) is 6.06. The van der Waals surface area contributed by atoms with Crippen LogP contribution in [0.2, 0.25) is 0 Å². The van der Waals surface area contributed by atoms with Gasteiger partial charge in [-0.1, -0.05) is 42.8 Å². The highest BCUT2D eigenvalue weighted by Crippen LogP contribution is 2.30. The second-order valence-electron chi connectivity index (χ2n) is 8.42. The van der Waals surface area contributed by atoms with Crippen LogP contribution >= 0.6 is 0 Å². The van der Waals surface area contributed by atoms with E-state index >= 15 is 0 Å². The Morgan fingerprint density at radius 2 is 1.88 bits per heavy atom. The molecule has 0 aliphatic carbocycles. The number of hydrogen-bond acceptors (Lipinski definition) is 5. The molecule has 4 aromatic rings. The predicted octanol–water partition coefficient (Wildman–Crippen LogP) is 5.02. The normalized spacial score (nSPS) is 14.5. The molecule has 1 amide bonds. The lowest BCUT2D eigenvalue weighted by molar-refractivity contribution is -0.115. The molecule has 2 heterocycles. The van der Waals surface area contributed by atoms with Crippen molar-refractivity contribution in [2.45, 2.75) is 37.0 Å². The third-order valence-corrected chi connectivity index (χ3v) is 7.32. The van der Waals surface area contributed by atoms with Crippen LogP contribution in [0.3, 0.4) is 0 Å². The molecule has 8 heteroatoms. The third-order valence-electron chi connectivity index (χ3n) is 5.95. The molecule has 0 spiro atoms. The largest absolute Gasteiger partial charge is 0.464 e. The van der Waals surface area contributed by atoms with Gasteiger partial charge in [-0.25, -0.2) is 8.42 Å². The molecule has 1 aromatic heterocycles. The Labute approximate surface area is 197 Å². The van der Waals surface area contributed by atoms with Crippen molar-refractivity contribution in [2.24, 2.45) is 4.99 Å². The lowest BCUT2D eigenvalue weighted by atomic mass is 10.0. The van der Waals surface area contributed by atoms with Crippen molar-refractivity contribution >= 4 is 49.2 Å². The smallest absolute Gasteiger partial charge is 0.262 e. The molecule has 5 rings (SSSR count). The number of carbonyl (C=O) groups is 1. The maximum absolute atomic E-state index is 12.9. The summed E-state index contributed by atoms with van der Waals surface area (Å²) in [5.74, 6) is 0.234. The van der Waals surface area contributed by atoms with Gasteiger partial charge in [-0.15, -0.1) is 0 Å². The first-order valence-corrected chi connectivity index (χ1v) is 12.8. The lowest BCUT2D eigenvalue weighted by Crippen LogP contribution is -2.30. The molecule has 0 bridgehead atoms. The fourth-order valence-electron chi connectivity index (χ4n) is 4.30. The van der Waals surface area contributed by atoms with Crippen LogP contribution in [0.1, 0.15) is 31.2 Å². The van der Waals surface area contributed by atoms with Crippen molar-refractivity contribution < 1.29 is 17.6 Å².